The normalized spacial score (nSPS) is 10.5. The first-order chi connectivity index (χ1) is 9.19. The number of nitrogens with zero attached hydrogens (tertiary/aromatic N) is 1. The molecule has 0 fully saturated rings. The molecular formula is C14H14F2N2S. The maximum absolute atomic E-state index is 13.5. The van der Waals surface area contributed by atoms with Crippen molar-refractivity contribution in [1.29, 1.82) is 0 Å². The maximum Gasteiger partial charge on any atom is 0.136 e. The summed E-state index contributed by atoms with van der Waals surface area (Å²) in [6, 6.07) is 7.24. The van der Waals surface area contributed by atoms with Crippen molar-refractivity contribution in [2.24, 2.45) is 0 Å². The zero-order valence-electron chi connectivity index (χ0n) is 10.5. The topological polar surface area (TPSA) is 24.9 Å². The summed E-state index contributed by atoms with van der Waals surface area (Å²) < 4.78 is 26.5. The molecule has 1 N–H and O–H groups in total. The Morgan fingerprint density at radius 3 is 2.84 bits per heavy atom. The minimum absolute atomic E-state index is 0.302. The van der Waals surface area contributed by atoms with Crippen molar-refractivity contribution < 1.29 is 8.78 Å². The van der Waals surface area contributed by atoms with Crippen molar-refractivity contribution in [2.45, 2.75) is 17.6 Å². The van der Waals surface area contributed by atoms with Crippen molar-refractivity contribution in [2.75, 3.05) is 11.9 Å². The summed E-state index contributed by atoms with van der Waals surface area (Å²) in [5.74, 6) is -0.341. The monoisotopic (exact) mass is 280 g/mol. The number of hydrogen-bond acceptors (Lipinski definition) is 3. The van der Waals surface area contributed by atoms with E-state index < -0.39 is 11.6 Å². The Bertz CT molecular complexity index is 561. The largest absolute Gasteiger partial charge is 0.385 e. The fourth-order valence-electron chi connectivity index (χ4n) is 1.61. The molecule has 0 bridgehead atoms. The highest BCUT2D eigenvalue weighted by Gasteiger charge is 2.06. The minimum atomic E-state index is -0.432. The van der Waals surface area contributed by atoms with Gasteiger partial charge in [0.25, 0.3) is 0 Å². The van der Waals surface area contributed by atoms with Gasteiger partial charge in [-0.25, -0.2) is 8.78 Å². The summed E-state index contributed by atoms with van der Waals surface area (Å²) in [6.07, 6.45) is 1.70. The average molecular weight is 280 g/mol. The number of hydrogen-bond donors (Lipinski definition) is 1. The van der Waals surface area contributed by atoms with Gasteiger partial charge in [-0.15, -0.1) is 11.8 Å². The predicted octanol–water partition coefficient (Wildman–Crippen LogP) is 4.08. The molecule has 0 aliphatic carbocycles. The molecule has 0 spiro atoms. The summed E-state index contributed by atoms with van der Waals surface area (Å²) in [6.45, 7) is 2.84. The van der Waals surface area contributed by atoms with Crippen LogP contribution >= 0.6 is 11.8 Å². The molecule has 5 heteroatoms. The molecule has 0 amide bonds. The van der Waals surface area contributed by atoms with Crippen LogP contribution in [0.5, 0.6) is 0 Å². The van der Waals surface area contributed by atoms with E-state index in [2.05, 4.69) is 10.3 Å². The number of aromatic nitrogens is 1. The van der Waals surface area contributed by atoms with E-state index in [1.54, 1.807) is 6.20 Å². The van der Waals surface area contributed by atoms with Gasteiger partial charge in [0.2, 0.25) is 0 Å². The van der Waals surface area contributed by atoms with Crippen molar-refractivity contribution in [3.63, 3.8) is 0 Å². The zero-order chi connectivity index (χ0) is 13.7. The van der Waals surface area contributed by atoms with Crippen LogP contribution < -0.4 is 5.32 Å². The van der Waals surface area contributed by atoms with Crippen molar-refractivity contribution in [3.05, 3.63) is 53.9 Å². The molecule has 0 aliphatic rings. The first kappa shape index (κ1) is 13.8. The van der Waals surface area contributed by atoms with Gasteiger partial charge in [-0.3, -0.25) is 4.98 Å². The lowest BCUT2D eigenvalue weighted by Gasteiger charge is -2.06. The molecule has 2 nitrogen and oxygen atoms in total. The number of anilines is 1. The number of rotatable bonds is 5. The summed E-state index contributed by atoms with van der Waals surface area (Å²) in [5, 5.41) is 3.18. The Morgan fingerprint density at radius 2 is 2.05 bits per heavy atom. The Kier molecular flexibility index (Phi) is 4.74. The average Bonchev–Trinajstić information content (AvgIpc) is 2.41. The van der Waals surface area contributed by atoms with Crippen molar-refractivity contribution in [3.8, 4) is 0 Å². The van der Waals surface area contributed by atoms with Gasteiger partial charge in [0.1, 0.15) is 11.6 Å². The van der Waals surface area contributed by atoms with Crippen LogP contribution in [0.1, 0.15) is 12.6 Å². The molecule has 2 aromatic rings. The van der Waals surface area contributed by atoms with E-state index in [-0.39, 0.29) is 0 Å². The van der Waals surface area contributed by atoms with E-state index in [0.717, 1.165) is 30.1 Å². The number of benzene rings is 1. The second-order valence-corrected chi connectivity index (χ2v) is 4.95. The summed E-state index contributed by atoms with van der Waals surface area (Å²) in [7, 11) is 0. The lowest BCUT2D eigenvalue weighted by atomic mass is 10.3. The molecule has 2 rings (SSSR count). The SMILES string of the molecule is CCNc1ccnc(CSc2cc(F)ccc2F)c1. The molecule has 1 aromatic heterocycles. The van der Waals surface area contributed by atoms with Gasteiger partial charge in [0.05, 0.1) is 5.69 Å². The molecule has 1 aromatic carbocycles. The van der Waals surface area contributed by atoms with Gasteiger partial charge in [0, 0.05) is 29.1 Å². The van der Waals surface area contributed by atoms with Crippen LogP contribution in [0, 0.1) is 11.6 Å². The second kappa shape index (κ2) is 6.52. The van der Waals surface area contributed by atoms with Crippen LogP contribution in [0.15, 0.2) is 41.4 Å². The smallest absolute Gasteiger partial charge is 0.136 e. The van der Waals surface area contributed by atoms with Gasteiger partial charge in [-0.1, -0.05) is 0 Å². The molecule has 1 heterocycles. The van der Waals surface area contributed by atoms with E-state index >= 15 is 0 Å². The molecule has 19 heavy (non-hydrogen) atoms. The zero-order valence-corrected chi connectivity index (χ0v) is 11.3. The van der Waals surface area contributed by atoms with Gasteiger partial charge in [0.15, 0.2) is 0 Å². The summed E-state index contributed by atoms with van der Waals surface area (Å²) in [4.78, 5) is 4.51. The Hall–Kier alpha value is -1.62. The van der Waals surface area contributed by atoms with Crippen LogP contribution in [-0.2, 0) is 5.75 Å². The molecule has 0 saturated heterocycles. The van der Waals surface area contributed by atoms with Crippen LogP contribution in [0.3, 0.4) is 0 Å². The number of pyridine rings is 1. The summed E-state index contributed by atoms with van der Waals surface area (Å²) >= 11 is 1.24. The van der Waals surface area contributed by atoms with Crippen molar-refractivity contribution in [1.82, 2.24) is 4.98 Å². The van der Waals surface area contributed by atoms with Crippen LogP contribution in [0.2, 0.25) is 0 Å². The van der Waals surface area contributed by atoms with E-state index in [1.165, 1.54) is 17.8 Å². The number of halogens is 2. The third kappa shape index (κ3) is 3.92. The minimum Gasteiger partial charge on any atom is -0.385 e. The van der Waals surface area contributed by atoms with Gasteiger partial charge in [-0.2, -0.15) is 0 Å². The van der Waals surface area contributed by atoms with Crippen LogP contribution in [0.4, 0.5) is 14.5 Å². The Labute approximate surface area is 115 Å². The first-order valence-corrected chi connectivity index (χ1v) is 6.94. The van der Waals surface area contributed by atoms with Crippen molar-refractivity contribution >= 4 is 17.4 Å². The van der Waals surface area contributed by atoms with Gasteiger partial charge >= 0.3 is 0 Å². The Morgan fingerprint density at radius 1 is 1.21 bits per heavy atom. The molecule has 0 radical (unpaired) electrons. The van der Waals surface area contributed by atoms with Gasteiger partial charge in [-0.05, 0) is 37.3 Å². The quantitative estimate of drug-likeness (QED) is 0.835. The van der Waals surface area contributed by atoms with E-state index in [4.69, 9.17) is 0 Å². The Balaban J connectivity index is 2.05. The number of thioether (sulfide) groups is 1. The molecule has 0 aliphatic heterocycles. The molecule has 0 unspecified atom stereocenters. The lowest BCUT2D eigenvalue weighted by molar-refractivity contribution is 0.577. The summed E-state index contributed by atoms with van der Waals surface area (Å²) in [5.41, 5.74) is 1.81. The second-order valence-electron chi connectivity index (χ2n) is 3.93. The van der Waals surface area contributed by atoms with E-state index in [0.29, 0.717) is 10.6 Å². The maximum atomic E-state index is 13.5. The molecular weight excluding hydrogens is 266 g/mol. The number of nitrogens with one attached hydrogen (secondary N) is 1. The van der Waals surface area contributed by atoms with E-state index in [1.807, 2.05) is 19.1 Å². The highest BCUT2D eigenvalue weighted by atomic mass is 32.2. The third-order valence-electron chi connectivity index (χ3n) is 2.47. The van der Waals surface area contributed by atoms with E-state index in [9.17, 15) is 8.78 Å². The third-order valence-corrected chi connectivity index (χ3v) is 3.53. The highest BCUT2D eigenvalue weighted by Crippen LogP contribution is 2.26. The molecule has 0 saturated carbocycles. The fraction of sp³-hybridized carbons (Fsp3) is 0.214. The molecule has 100 valence electrons. The first-order valence-electron chi connectivity index (χ1n) is 5.95. The van der Waals surface area contributed by atoms with Gasteiger partial charge < -0.3 is 5.32 Å². The fourth-order valence-corrected chi connectivity index (χ4v) is 2.47. The van der Waals surface area contributed by atoms with Crippen LogP contribution in [0.25, 0.3) is 0 Å². The molecule has 0 atom stereocenters. The van der Waals surface area contributed by atoms with Crippen LogP contribution in [-0.4, -0.2) is 11.5 Å². The lowest BCUT2D eigenvalue weighted by Crippen LogP contribution is -1.98. The standard InChI is InChI=1S/C14H14F2N2S/c1-2-17-11-5-6-18-12(8-11)9-19-14-7-10(15)3-4-13(14)16/h3-8H,2,9H2,1H3,(H,17,18). The predicted molar refractivity (Wildman–Crippen MR) is 74.3 cm³/mol. The highest BCUT2D eigenvalue weighted by molar-refractivity contribution is 7.98.